The van der Waals surface area contributed by atoms with Crippen LogP contribution in [0.25, 0.3) is 0 Å². The van der Waals surface area contributed by atoms with Gasteiger partial charge in [0.25, 0.3) is 0 Å². The van der Waals surface area contributed by atoms with E-state index < -0.39 is 5.97 Å². The van der Waals surface area contributed by atoms with Crippen LogP contribution in [0.5, 0.6) is 11.5 Å². The third-order valence-corrected chi connectivity index (χ3v) is 4.72. The van der Waals surface area contributed by atoms with E-state index in [-0.39, 0.29) is 17.8 Å². The molecule has 0 heterocycles. The number of carboxylic acid groups (broad SMARTS) is 1. The molecule has 0 unspecified atom stereocenters. The van der Waals surface area contributed by atoms with Gasteiger partial charge in [0.05, 0.1) is 22.8 Å². The fourth-order valence-electron chi connectivity index (χ4n) is 3.25. The second kappa shape index (κ2) is 6.78. The Kier molecular flexibility index (Phi) is 4.77. The minimum absolute atomic E-state index is 0.131. The van der Waals surface area contributed by atoms with Crippen molar-refractivity contribution in [2.24, 2.45) is 0 Å². The molecule has 2 saturated carbocycles. The number of hydrogen-bond donors (Lipinski definition) is 1. The molecular formula is C17H21ClO4. The first-order chi connectivity index (χ1) is 10.6. The van der Waals surface area contributed by atoms with Gasteiger partial charge in [-0.3, -0.25) is 0 Å². The lowest BCUT2D eigenvalue weighted by molar-refractivity contribution is 0.0695. The van der Waals surface area contributed by atoms with Crippen molar-refractivity contribution >= 4 is 17.6 Å². The first kappa shape index (κ1) is 15.5. The number of ether oxygens (including phenoxy) is 2. The van der Waals surface area contributed by atoms with Crippen molar-refractivity contribution in [3.63, 3.8) is 0 Å². The Hall–Kier alpha value is -1.42. The van der Waals surface area contributed by atoms with Gasteiger partial charge in [-0.1, -0.05) is 11.6 Å². The second-order valence-corrected chi connectivity index (χ2v) is 6.55. The molecule has 4 nitrogen and oxygen atoms in total. The molecule has 0 bridgehead atoms. The summed E-state index contributed by atoms with van der Waals surface area (Å²) in [5.74, 6) is -0.0280. The second-order valence-electron chi connectivity index (χ2n) is 6.14. The fourth-order valence-corrected chi connectivity index (χ4v) is 3.51. The van der Waals surface area contributed by atoms with Gasteiger partial charge in [0.1, 0.15) is 0 Å². The Labute approximate surface area is 135 Å². The molecule has 120 valence electrons. The van der Waals surface area contributed by atoms with Gasteiger partial charge in [0, 0.05) is 0 Å². The molecule has 22 heavy (non-hydrogen) atoms. The average Bonchev–Trinajstić information content (AvgIpc) is 3.15. The van der Waals surface area contributed by atoms with Gasteiger partial charge in [-0.25, -0.2) is 4.79 Å². The highest BCUT2D eigenvalue weighted by atomic mass is 35.5. The first-order valence-corrected chi connectivity index (χ1v) is 8.41. The summed E-state index contributed by atoms with van der Waals surface area (Å²) in [5.41, 5.74) is 0.136. The molecule has 0 aliphatic heterocycles. The predicted octanol–water partition coefficient (Wildman–Crippen LogP) is 4.68. The normalized spacial score (nSPS) is 19.5. The van der Waals surface area contributed by atoms with E-state index in [1.165, 1.54) is 12.1 Å². The predicted molar refractivity (Wildman–Crippen MR) is 84.2 cm³/mol. The van der Waals surface area contributed by atoms with Crippen LogP contribution in [0.15, 0.2) is 12.1 Å². The lowest BCUT2D eigenvalue weighted by Crippen LogP contribution is -2.16. The van der Waals surface area contributed by atoms with Crippen LogP contribution in [0, 0.1) is 0 Å². The van der Waals surface area contributed by atoms with Gasteiger partial charge in [-0.2, -0.15) is 0 Å². The molecule has 1 N–H and O–H groups in total. The van der Waals surface area contributed by atoms with Crippen LogP contribution >= 0.6 is 11.6 Å². The van der Waals surface area contributed by atoms with Crippen LogP contribution in [-0.2, 0) is 0 Å². The van der Waals surface area contributed by atoms with Crippen LogP contribution in [0.1, 0.15) is 61.7 Å². The average molecular weight is 325 g/mol. The Morgan fingerprint density at radius 3 is 2.09 bits per heavy atom. The molecule has 3 rings (SSSR count). The van der Waals surface area contributed by atoms with Crippen molar-refractivity contribution in [2.45, 2.75) is 63.6 Å². The van der Waals surface area contributed by atoms with Crippen molar-refractivity contribution in [3.8, 4) is 11.5 Å². The molecule has 2 aliphatic carbocycles. The Morgan fingerprint density at radius 2 is 1.55 bits per heavy atom. The summed E-state index contributed by atoms with van der Waals surface area (Å²) in [4.78, 5) is 11.2. The van der Waals surface area contributed by atoms with Crippen molar-refractivity contribution < 1.29 is 19.4 Å². The molecule has 0 spiro atoms. The molecule has 0 saturated heterocycles. The van der Waals surface area contributed by atoms with E-state index in [0.29, 0.717) is 16.5 Å². The highest BCUT2D eigenvalue weighted by Gasteiger charge is 2.25. The molecule has 0 aromatic heterocycles. The molecular weight excluding hydrogens is 304 g/mol. The van der Waals surface area contributed by atoms with Gasteiger partial charge >= 0.3 is 5.97 Å². The van der Waals surface area contributed by atoms with E-state index in [1.807, 2.05) is 0 Å². The lowest BCUT2D eigenvalue weighted by Gasteiger charge is -2.21. The summed E-state index contributed by atoms with van der Waals surface area (Å²) < 4.78 is 12.0. The van der Waals surface area contributed by atoms with E-state index in [9.17, 15) is 9.90 Å². The highest BCUT2D eigenvalue weighted by Crippen LogP contribution is 2.40. The number of benzene rings is 1. The Balaban J connectivity index is 1.88. The van der Waals surface area contributed by atoms with Crippen molar-refractivity contribution in [1.82, 2.24) is 0 Å². The van der Waals surface area contributed by atoms with Crippen LogP contribution in [-0.4, -0.2) is 23.3 Å². The Morgan fingerprint density at radius 1 is 1.00 bits per heavy atom. The zero-order valence-corrected chi connectivity index (χ0v) is 13.3. The molecule has 2 aliphatic rings. The molecule has 0 amide bonds. The third kappa shape index (κ3) is 3.49. The molecule has 0 atom stereocenters. The third-order valence-electron chi connectivity index (χ3n) is 4.44. The summed E-state index contributed by atoms with van der Waals surface area (Å²) in [7, 11) is 0. The minimum atomic E-state index is -1.01. The zero-order valence-electron chi connectivity index (χ0n) is 12.5. The van der Waals surface area contributed by atoms with Crippen molar-refractivity contribution in [1.29, 1.82) is 0 Å². The quantitative estimate of drug-likeness (QED) is 0.854. The number of halogens is 1. The van der Waals surface area contributed by atoms with Gasteiger partial charge in [-0.05, 0) is 63.5 Å². The van der Waals surface area contributed by atoms with Gasteiger partial charge in [0.15, 0.2) is 11.5 Å². The number of hydrogen-bond acceptors (Lipinski definition) is 3. The topological polar surface area (TPSA) is 55.8 Å². The number of carbonyl (C=O) groups is 1. The summed E-state index contributed by atoms with van der Waals surface area (Å²) in [6, 6.07) is 2.98. The van der Waals surface area contributed by atoms with Crippen LogP contribution in [0.3, 0.4) is 0 Å². The molecule has 1 aromatic rings. The monoisotopic (exact) mass is 324 g/mol. The highest BCUT2D eigenvalue weighted by molar-refractivity contribution is 6.32. The van der Waals surface area contributed by atoms with Gasteiger partial charge in [-0.15, -0.1) is 0 Å². The standard InChI is InChI=1S/C17H21ClO4/c18-14-9-11(17(19)20)10-15(21-12-5-1-2-6-12)16(14)22-13-7-3-4-8-13/h9-10,12-13H,1-8H2,(H,19,20). The lowest BCUT2D eigenvalue weighted by atomic mass is 10.2. The molecule has 5 heteroatoms. The Bertz CT molecular complexity index is 546. The van der Waals surface area contributed by atoms with Crippen LogP contribution in [0.4, 0.5) is 0 Å². The largest absolute Gasteiger partial charge is 0.486 e. The van der Waals surface area contributed by atoms with Crippen LogP contribution in [0.2, 0.25) is 5.02 Å². The van der Waals surface area contributed by atoms with E-state index in [1.54, 1.807) is 0 Å². The number of aromatic carboxylic acids is 1. The maximum absolute atomic E-state index is 11.2. The number of carboxylic acids is 1. The molecule has 1 aromatic carbocycles. The van der Waals surface area contributed by atoms with E-state index in [4.69, 9.17) is 21.1 Å². The van der Waals surface area contributed by atoms with Gasteiger partial charge in [0.2, 0.25) is 0 Å². The van der Waals surface area contributed by atoms with Crippen molar-refractivity contribution in [2.75, 3.05) is 0 Å². The zero-order chi connectivity index (χ0) is 15.5. The first-order valence-electron chi connectivity index (χ1n) is 8.03. The van der Waals surface area contributed by atoms with Crippen molar-refractivity contribution in [3.05, 3.63) is 22.7 Å². The minimum Gasteiger partial charge on any atom is -0.486 e. The maximum atomic E-state index is 11.2. The SMILES string of the molecule is O=C(O)c1cc(Cl)c(OC2CCCC2)c(OC2CCCC2)c1. The van der Waals surface area contributed by atoms with Crippen LogP contribution < -0.4 is 9.47 Å². The summed E-state index contributed by atoms with van der Waals surface area (Å²) in [6.45, 7) is 0. The summed E-state index contributed by atoms with van der Waals surface area (Å²) in [5, 5.41) is 9.53. The van der Waals surface area contributed by atoms with E-state index in [0.717, 1.165) is 51.4 Å². The van der Waals surface area contributed by atoms with E-state index >= 15 is 0 Å². The smallest absolute Gasteiger partial charge is 0.335 e. The maximum Gasteiger partial charge on any atom is 0.335 e. The number of rotatable bonds is 5. The fraction of sp³-hybridized carbons (Fsp3) is 0.588. The van der Waals surface area contributed by atoms with Gasteiger partial charge < -0.3 is 14.6 Å². The summed E-state index contributed by atoms with van der Waals surface area (Å²) >= 11 is 6.27. The van der Waals surface area contributed by atoms with E-state index in [2.05, 4.69) is 0 Å². The summed E-state index contributed by atoms with van der Waals surface area (Å²) in [6.07, 6.45) is 8.93. The molecule has 0 radical (unpaired) electrons. The molecule has 2 fully saturated rings.